The number of hydrogen-bond donors (Lipinski definition) is 0. The summed E-state index contributed by atoms with van der Waals surface area (Å²) in [5.74, 6) is 3.54. The molecule has 4 heteroatoms. The van der Waals surface area contributed by atoms with Crippen molar-refractivity contribution in [1.29, 1.82) is 0 Å². The molecule has 188 valence electrons. The van der Waals surface area contributed by atoms with Gasteiger partial charge in [0.2, 0.25) is 0 Å². The summed E-state index contributed by atoms with van der Waals surface area (Å²) in [6.07, 6.45) is 1.37. The molecule has 1 aliphatic heterocycles. The number of fused-ring (bicyclic) bond motifs is 3. The number of hydrogen-bond acceptors (Lipinski definition) is 0. The van der Waals surface area contributed by atoms with Crippen LogP contribution in [0.15, 0.2) is 91.1 Å². The maximum absolute atomic E-state index is 15.9. The van der Waals surface area contributed by atoms with Gasteiger partial charge in [-0.15, -0.1) is 0 Å². The number of pyridine rings is 1. The van der Waals surface area contributed by atoms with E-state index < -0.39 is 25.9 Å². The van der Waals surface area contributed by atoms with Crippen molar-refractivity contribution in [3.05, 3.63) is 114 Å². The molecule has 0 fully saturated rings. The second kappa shape index (κ2) is 9.02. The summed E-state index contributed by atoms with van der Waals surface area (Å²) in [5, 5.41) is 0. The van der Waals surface area contributed by atoms with Gasteiger partial charge in [-0.3, -0.25) is 0 Å². The first-order valence-corrected chi connectivity index (χ1v) is 19.0. The van der Waals surface area contributed by atoms with E-state index in [1.54, 1.807) is 17.7 Å². The summed E-state index contributed by atoms with van der Waals surface area (Å²) in [6, 6.07) is 27.0. The molecule has 1 aliphatic rings. The van der Waals surface area contributed by atoms with Crippen LogP contribution in [-0.2, 0) is 7.05 Å². The Hall–Kier alpha value is -3.57. The number of rotatable bonds is 3. The van der Waals surface area contributed by atoms with Gasteiger partial charge in [-0.1, -0.05) is 0 Å². The third-order valence-electron chi connectivity index (χ3n) is 7.85. The second-order valence-electron chi connectivity index (χ2n) is 10.6. The monoisotopic (exact) mass is 567 g/mol. The van der Waals surface area contributed by atoms with Crippen molar-refractivity contribution in [3.8, 4) is 44.6 Å². The summed E-state index contributed by atoms with van der Waals surface area (Å²) in [5.41, 5.74) is 7.83. The standard InChI is InChI=1S/C34H30F2GeN/c1-21-14-15-26-27-16-17-28(35)32(25-13-9-12-24(18-25)23-10-7-6-8-11-23)34(27)37(3,4)33(26)31(21)30-19-29(36)22(2)20-38(30)5/h6-20H,1-5H3/q+1/i2D3. The van der Waals surface area contributed by atoms with Gasteiger partial charge >= 0.3 is 230 Å². The van der Waals surface area contributed by atoms with E-state index in [0.717, 1.165) is 47.7 Å². The molecule has 1 aromatic heterocycles. The molecule has 0 bridgehead atoms. The van der Waals surface area contributed by atoms with Crippen molar-refractivity contribution in [3.63, 3.8) is 0 Å². The molecule has 0 amide bonds. The molecule has 0 saturated heterocycles. The zero-order chi connectivity index (χ0) is 29.3. The van der Waals surface area contributed by atoms with Gasteiger partial charge in [-0.05, 0) is 0 Å². The molecule has 0 radical (unpaired) electrons. The Morgan fingerprint density at radius 3 is 2.08 bits per heavy atom. The zero-order valence-electron chi connectivity index (χ0n) is 24.9. The fourth-order valence-electron chi connectivity index (χ4n) is 6.13. The predicted octanol–water partition coefficient (Wildman–Crippen LogP) is 7.21. The van der Waals surface area contributed by atoms with Crippen LogP contribution in [0.2, 0.25) is 11.5 Å². The molecule has 0 unspecified atom stereocenters. The maximum atomic E-state index is 15.9. The molecule has 4 aromatic carbocycles. The van der Waals surface area contributed by atoms with Gasteiger partial charge in [0, 0.05) is 0 Å². The molecule has 0 spiro atoms. The second-order valence-corrected chi connectivity index (χ2v) is 19.5. The fraction of sp³-hybridized carbons (Fsp3) is 0.147. The van der Waals surface area contributed by atoms with Crippen LogP contribution >= 0.6 is 0 Å². The van der Waals surface area contributed by atoms with Gasteiger partial charge in [0.1, 0.15) is 0 Å². The SMILES string of the molecule is [2H]C([2H])([2H])c1c[n+](C)c(-c2c(C)ccc3[c]2[Ge]([CH3])([CH3])[c]2c-3ccc(F)c2-c2cccc(-c3ccccc3)c2)cc1F. The molecule has 2 heterocycles. The first-order chi connectivity index (χ1) is 19.4. The van der Waals surface area contributed by atoms with Gasteiger partial charge in [0.25, 0.3) is 0 Å². The van der Waals surface area contributed by atoms with E-state index in [9.17, 15) is 0 Å². The summed E-state index contributed by atoms with van der Waals surface area (Å²) in [7, 11) is 1.76. The van der Waals surface area contributed by atoms with E-state index in [2.05, 4.69) is 23.6 Å². The molecule has 0 saturated carbocycles. The summed E-state index contributed by atoms with van der Waals surface area (Å²) >= 11 is -3.25. The minimum absolute atomic E-state index is 0.252. The molecule has 0 N–H and O–H groups in total. The normalized spacial score (nSPS) is 14.8. The van der Waals surface area contributed by atoms with Crippen molar-refractivity contribution >= 4 is 22.1 Å². The van der Waals surface area contributed by atoms with E-state index in [1.165, 1.54) is 12.3 Å². The third-order valence-corrected chi connectivity index (χ3v) is 15.3. The minimum atomic E-state index is -3.25. The molecule has 38 heavy (non-hydrogen) atoms. The number of halogens is 2. The average molecular weight is 566 g/mol. The van der Waals surface area contributed by atoms with Gasteiger partial charge in [-0.25, -0.2) is 0 Å². The van der Waals surface area contributed by atoms with Crippen LogP contribution in [0.25, 0.3) is 44.6 Å². The number of aromatic nitrogens is 1. The first-order valence-electron chi connectivity index (χ1n) is 14.2. The topological polar surface area (TPSA) is 3.88 Å². The summed E-state index contributed by atoms with van der Waals surface area (Å²) in [6.45, 7) is -0.556. The number of nitrogens with zero attached hydrogens (tertiary/aromatic N) is 1. The Kier molecular flexibility index (Phi) is 5.08. The van der Waals surface area contributed by atoms with E-state index in [-0.39, 0.29) is 11.4 Å². The van der Waals surface area contributed by atoms with Crippen LogP contribution in [-0.4, -0.2) is 13.3 Å². The van der Waals surface area contributed by atoms with Crippen LogP contribution in [0.4, 0.5) is 8.78 Å². The van der Waals surface area contributed by atoms with Gasteiger partial charge in [0.05, 0.1) is 0 Å². The summed E-state index contributed by atoms with van der Waals surface area (Å²) in [4.78, 5) is 0. The predicted molar refractivity (Wildman–Crippen MR) is 156 cm³/mol. The molecule has 0 aliphatic carbocycles. The molecule has 1 nitrogen and oxygen atoms in total. The number of aryl methyl sites for hydroxylation is 3. The quantitative estimate of drug-likeness (QED) is 0.161. The van der Waals surface area contributed by atoms with Crippen LogP contribution in [0, 0.1) is 25.4 Å². The Balaban J connectivity index is 1.59. The van der Waals surface area contributed by atoms with Gasteiger partial charge in [-0.2, -0.15) is 0 Å². The van der Waals surface area contributed by atoms with Crippen molar-refractivity contribution in [2.45, 2.75) is 25.3 Å². The Morgan fingerprint density at radius 2 is 1.34 bits per heavy atom. The zero-order valence-corrected chi connectivity index (χ0v) is 24.0. The molecule has 0 atom stereocenters. The van der Waals surface area contributed by atoms with Crippen molar-refractivity contribution in [2.24, 2.45) is 7.05 Å². The van der Waals surface area contributed by atoms with E-state index >= 15 is 8.78 Å². The van der Waals surface area contributed by atoms with Gasteiger partial charge in [0.15, 0.2) is 0 Å². The van der Waals surface area contributed by atoms with Crippen LogP contribution < -0.4 is 13.4 Å². The number of benzene rings is 4. The van der Waals surface area contributed by atoms with Crippen molar-refractivity contribution < 1.29 is 17.5 Å². The Labute approximate surface area is 230 Å². The molecule has 5 aromatic rings. The fourth-order valence-corrected chi connectivity index (χ4v) is 14.2. The third kappa shape index (κ3) is 3.75. The van der Waals surface area contributed by atoms with Crippen LogP contribution in [0.3, 0.4) is 0 Å². The molecular weight excluding hydrogens is 533 g/mol. The first kappa shape index (κ1) is 21.4. The Morgan fingerprint density at radius 1 is 0.684 bits per heavy atom. The van der Waals surface area contributed by atoms with Crippen LogP contribution in [0.5, 0.6) is 0 Å². The summed E-state index contributed by atoms with van der Waals surface area (Å²) < 4.78 is 58.4. The van der Waals surface area contributed by atoms with Crippen molar-refractivity contribution in [1.82, 2.24) is 0 Å². The van der Waals surface area contributed by atoms with E-state index in [4.69, 9.17) is 4.11 Å². The molecular formula is C34H30F2GeN+. The van der Waals surface area contributed by atoms with Crippen molar-refractivity contribution in [2.75, 3.05) is 0 Å². The van der Waals surface area contributed by atoms with Crippen LogP contribution in [0.1, 0.15) is 15.2 Å². The molecule has 6 rings (SSSR count). The van der Waals surface area contributed by atoms with E-state index in [0.29, 0.717) is 11.3 Å². The average Bonchev–Trinajstić information content (AvgIpc) is 3.16. The van der Waals surface area contributed by atoms with Gasteiger partial charge < -0.3 is 0 Å². The Bertz CT molecular complexity index is 1850. The van der Waals surface area contributed by atoms with E-state index in [1.807, 2.05) is 67.6 Å².